The van der Waals surface area contributed by atoms with E-state index in [2.05, 4.69) is 15.0 Å². The average molecular weight is 286 g/mol. The highest BCUT2D eigenvalue weighted by Gasteiger charge is 2.22. The summed E-state index contributed by atoms with van der Waals surface area (Å²) in [4.78, 5) is 6.36. The van der Waals surface area contributed by atoms with E-state index in [1.165, 1.54) is 12.8 Å². The predicted octanol–water partition coefficient (Wildman–Crippen LogP) is 1.72. The van der Waals surface area contributed by atoms with Crippen molar-refractivity contribution in [2.75, 3.05) is 19.6 Å². The summed E-state index contributed by atoms with van der Waals surface area (Å²) in [5, 5.41) is 14.5. The predicted molar refractivity (Wildman–Crippen MR) is 80.6 cm³/mol. The Morgan fingerprint density at radius 1 is 1.29 bits per heavy atom. The maximum absolute atomic E-state index is 10.3. The summed E-state index contributed by atoms with van der Waals surface area (Å²) < 4.78 is 1.90. The summed E-state index contributed by atoms with van der Waals surface area (Å²) in [5.74, 6) is 0.587. The molecule has 5 nitrogen and oxygen atoms in total. The van der Waals surface area contributed by atoms with Crippen LogP contribution in [-0.2, 0) is 6.54 Å². The van der Waals surface area contributed by atoms with E-state index >= 15 is 0 Å². The van der Waals surface area contributed by atoms with E-state index in [-0.39, 0.29) is 0 Å². The quantitative estimate of drug-likeness (QED) is 0.909. The molecule has 5 heteroatoms. The summed E-state index contributed by atoms with van der Waals surface area (Å²) in [6.45, 7) is 3.71. The van der Waals surface area contributed by atoms with Crippen molar-refractivity contribution in [2.24, 2.45) is 5.92 Å². The molecule has 0 bridgehead atoms. The van der Waals surface area contributed by atoms with Gasteiger partial charge in [-0.3, -0.25) is 4.68 Å². The Kier molecular flexibility index (Phi) is 4.62. The molecule has 112 valence electrons. The fraction of sp³-hybridized carbons (Fsp3) is 0.500. The van der Waals surface area contributed by atoms with Crippen LogP contribution in [0.1, 0.15) is 24.5 Å². The number of hydrogen-bond acceptors (Lipinski definition) is 4. The molecule has 21 heavy (non-hydrogen) atoms. The highest BCUT2D eigenvalue weighted by molar-refractivity contribution is 5.17. The molecule has 1 aliphatic heterocycles. The monoisotopic (exact) mass is 286 g/mol. The Morgan fingerprint density at radius 2 is 2.14 bits per heavy atom. The standard InChI is InChI=1S/C16H22N4O/c21-16(15-6-2-1-3-7-15)11-19-8-4-5-14(9-19)10-20-13-17-12-18-20/h1-3,6-7,12-14,16,21H,4-5,8-11H2/t14-,16-/m0/s1. The van der Waals surface area contributed by atoms with Crippen molar-refractivity contribution >= 4 is 0 Å². The van der Waals surface area contributed by atoms with Gasteiger partial charge in [-0.1, -0.05) is 30.3 Å². The van der Waals surface area contributed by atoms with E-state index in [0.717, 1.165) is 25.2 Å². The van der Waals surface area contributed by atoms with Crippen molar-refractivity contribution in [2.45, 2.75) is 25.5 Å². The minimum Gasteiger partial charge on any atom is -0.387 e. The van der Waals surface area contributed by atoms with Crippen LogP contribution in [0.4, 0.5) is 0 Å². The van der Waals surface area contributed by atoms with Gasteiger partial charge in [-0.05, 0) is 30.9 Å². The number of rotatable bonds is 5. The molecule has 2 heterocycles. The molecule has 0 amide bonds. The number of nitrogens with zero attached hydrogens (tertiary/aromatic N) is 4. The number of piperidine rings is 1. The summed E-state index contributed by atoms with van der Waals surface area (Å²) in [6, 6.07) is 9.90. The molecule has 0 radical (unpaired) electrons. The topological polar surface area (TPSA) is 54.2 Å². The molecule has 3 rings (SSSR count). The molecule has 2 atom stereocenters. The van der Waals surface area contributed by atoms with Crippen molar-refractivity contribution < 1.29 is 5.11 Å². The molecule has 1 aromatic heterocycles. The van der Waals surface area contributed by atoms with Gasteiger partial charge in [-0.15, -0.1) is 0 Å². The van der Waals surface area contributed by atoms with Gasteiger partial charge < -0.3 is 10.0 Å². The van der Waals surface area contributed by atoms with Crippen molar-refractivity contribution in [1.82, 2.24) is 19.7 Å². The third-order valence-electron chi connectivity index (χ3n) is 4.13. The second-order valence-electron chi connectivity index (χ2n) is 5.81. The summed E-state index contributed by atoms with van der Waals surface area (Å²) >= 11 is 0. The molecule has 1 fully saturated rings. The molecule has 1 N–H and O–H groups in total. The van der Waals surface area contributed by atoms with Crippen molar-refractivity contribution in [3.8, 4) is 0 Å². The number of aliphatic hydroxyl groups is 1. The summed E-state index contributed by atoms with van der Waals surface area (Å²) in [6.07, 6.45) is 5.35. The second kappa shape index (κ2) is 6.83. The first kappa shape index (κ1) is 14.2. The van der Waals surface area contributed by atoms with Crippen LogP contribution in [0, 0.1) is 5.92 Å². The van der Waals surface area contributed by atoms with E-state index in [0.29, 0.717) is 12.5 Å². The van der Waals surface area contributed by atoms with E-state index in [1.807, 2.05) is 35.0 Å². The number of aliphatic hydroxyl groups excluding tert-OH is 1. The van der Waals surface area contributed by atoms with Crippen LogP contribution in [0.3, 0.4) is 0 Å². The first-order chi connectivity index (χ1) is 10.3. The average Bonchev–Trinajstić information content (AvgIpc) is 3.01. The van der Waals surface area contributed by atoms with Gasteiger partial charge in [0.2, 0.25) is 0 Å². The van der Waals surface area contributed by atoms with Gasteiger partial charge in [0.15, 0.2) is 0 Å². The number of β-amino-alcohol motifs (C(OH)–C–C–N with tert-alkyl or cyclic N) is 1. The molecule has 0 spiro atoms. The first-order valence-electron chi connectivity index (χ1n) is 7.59. The number of aromatic nitrogens is 3. The Bertz CT molecular complexity index is 528. The molecule has 0 saturated carbocycles. The highest BCUT2D eigenvalue weighted by atomic mass is 16.3. The lowest BCUT2D eigenvalue weighted by molar-refractivity contribution is 0.0800. The Morgan fingerprint density at radius 3 is 2.90 bits per heavy atom. The number of hydrogen-bond donors (Lipinski definition) is 1. The maximum Gasteiger partial charge on any atom is 0.137 e. The lowest BCUT2D eigenvalue weighted by Crippen LogP contribution is -2.39. The fourth-order valence-corrected chi connectivity index (χ4v) is 3.08. The van der Waals surface area contributed by atoms with Crippen LogP contribution in [0.5, 0.6) is 0 Å². The smallest absolute Gasteiger partial charge is 0.137 e. The molecule has 0 aliphatic carbocycles. The van der Waals surface area contributed by atoms with Gasteiger partial charge in [0.1, 0.15) is 12.7 Å². The van der Waals surface area contributed by atoms with Crippen LogP contribution in [0.15, 0.2) is 43.0 Å². The van der Waals surface area contributed by atoms with E-state index in [4.69, 9.17) is 0 Å². The Balaban J connectivity index is 1.54. The van der Waals surface area contributed by atoms with Gasteiger partial charge in [-0.25, -0.2) is 4.98 Å². The van der Waals surface area contributed by atoms with Crippen molar-refractivity contribution in [3.05, 3.63) is 48.5 Å². The fourth-order valence-electron chi connectivity index (χ4n) is 3.08. The third-order valence-corrected chi connectivity index (χ3v) is 4.13. The second-order valence-corrected chi connectivity index (χ2v) is 5.81. The Labute approximate surface area is 125 Å². The van der Waals surface area contributed by atoms with Gasteiger partial charge in [-0.2, -0.15) is 5.10 Å². The number of likely N-dealkylation sites (tertiary alicyclic amines) is 1. The van der Waals surface area contributed by atoms with Gasteiger partial charge in [0.05, 0.1) is 6.10 Å². The normalized spacial score (nSPS) is 21.3. The lowest BCUT2D eigenvalue weighted by Gasteiger charge is -2.33. The van der Waals surface area contributed by atoms with Gasteiger partial charge in [0, 0.05) is 19.6 Å². The largest absolute Gasteiger partial charge is 0.387 e. The minimum atomic E-state index is -0.406. The van der Waals surface area contributed by atoms with Gasteiger partial charge in [0.25, 0.3) is 0 Å². The highest BCUT2D eigenvalue weighted by Crippen LogP contribution is 2.21. The van der Waals surface area contributed by atoms with Crippen LogP contribution in [0.2, 0.25) is 0 Å². The number of benzene rings is 1. The summed E-state index contributed by atoms with van der Waals surface area (Å²) in [5.41, 5.74) is 0.996. The zero-order chi connectivity index (χ0) is 14.5. The zero-order valence-corrected chi connectivity index (χ0v) is 12.2. The maximum atomic E-state index is 10.3. The minimum absolute atomic E-state index is 0.406. The zero-order valence-electron chi connectivity index (χ0n) is 12.2. The van der Waals surface area contributed by atoms with Crippen LogP contribution in [0.25, 0.3) is 0 Å². The van der Waals surface area contributed by atoms with Gasteiger partial charge >= 0.3 is 0 Å². The van der Waals surface area contributed by atoms with Crippen molar-refractivity contribution in [1.29, 1.82) is 0 Å². The molecule has 1 aromatic carbocycles. The van der Waals surface area contributed by atoms with E-state index in [1.54, 1.807) is 12.7 Å². The lowest BCUT2D eigenvalue weighted by atomic mass is 9.97. The van der Waals surface area contributed by atoms with Crippen LogP contribution >= 0.6 is 0 Å². The van der Waals surface area contributed by atoms with E-state index < -0.39 is 6.10 Å². The molecular weight excluding hydrogens is 264 g/mol. The first-order valence-corrected chi connectivity index (χ1v) is 7.59. The molecule has 1 saturated heterocycles. The molecule has 0 unspecified atom stereocenters. The van der Waals surface area contributed by atoms with Crippen LogP contribution in [-0.4, -0.2) is 44.4 Å². The van der Waals surface area contributed by atoms with Crippen LogP contribution < -0.4 is 0 Å². The Hall–Kier alpha value is -1.72. The SMILES string of the molecule is O[C@@H](CN1CCC[C@H](Cn2cncn2)C1)c1ccccc1. The summed E-state index contributed by atoms with van der Waals surface area (Å²) in [7, 11) is 0. The molecule has 2 aromatic rings. The van der Waals surface area contributed by atoms with Crippen molar-refractivity contribution in [3.63, 3.8) is 0 Å². The van der Waals surface area contributed by atoms with E-state index in [9.17, 15) is 5.11 Å². The third kappa shape index (κ3) is 3.89. The molecular formula is C16H22N4O. The molecule has 1 aliphatic rings.